The molecule has 2 bridgehead atoms. The van der Waals surface area contributed by atoms with E-state index in [4.69, 9.17) is 4.74 Å². The number of carbonyl (C=O) groups excluding carboxylic acids is 2. The number of benzene rings is 1. The average Bonchev–Trinajstić information content (AvgIpc) is 3.17. The summed E-state index contributed by atoms with van der Waals surface area (Å²) in [5, 5.41) is 6.20. The molecule has 7 heteroatoms. The number of anilines is 1. The van der Waals surface area contributed by atoms with Gasteiger partial charge in [0.15, 0.2) is 0 Å². The van der Waals surface area contributed by atoms with Gasteiger partial charge >= 0.3 is 0 Å². The highest BCUT2D eigenvalue weighted by molar-refractivity contribution is 6.35. The summed E-state index contributed by atoms with van der Waals surface area (Å²) in [6.07, 6.45) is 1.71. The number of likely N-dealkylation sites (N-methyl/N-ethyl adjacent to an activating group) is 1. The molecule has 4 rings (SSSR count). The number of nitrogens with one attached hydrogen (secondary N) is 3. The van der Waals surface area contributed by atoms with E-state index in [2.05, 4.69) is 15.6 Å². The molecule has 1 aromatic carbocycles. The molecule has 3 heterocycles. The van der Waals surface area contributed by atoms with Crippen LogP contribution in [0.3, 0.4) is 0 Å². The fraction of sp³-hybridized carbons (Fsp3) is 0.333. The lowest BCUT2D eigenvalue weighted by Crippen LogP contribution is -2.37. The zero-order valence-corrected chi connectivity index (χ0v) is 16.3. The highest BCUT2D eigenvalue weighted by atomic mass is 16.5. The van der Waals surface area contributed by atoms with Crippen LogP contribution in [0.15, 0.2) is 24.3 Å². The first-order chi connectivity index (χ1) is 13.4. The first kappa shape index (κ1) is 18.3. The molecule has 0 radical (unpaired) electrons. The number of fused-ring (bicyclic) bond motifs is 2. The molecule has 28 heavy (non-hydrogen) atoms. The highest BCUT2D eigenvalue weighted by Crippen LogP contribution is 2.36. The molecule has 1 atom stereocenters. The van der Waals surface area contributed by atoms with Crippen molar-refractivity contribution in [2.45, 2.75) is 20.0 Å². The molecular weight excluding hydrogens is 356 g/mol. The van der Waals surface area contributed by atoms with Crippen LogP contribution in [0.5, 0.6) is 5.75 Å². The Labute approximate surface area is 163 Å². The molecule has 146 valence electrons. The predicted octanol–water partition coefficient (Wildman–Crippen LogP) is 2.26. The second-order valence-electron chi connectivity index (χ2n) is 7.36. The van der Waals surface area contributed by atoms with Crippen LogP contribution >= 0.6 is 0 Å². The number of ether oxygens (including phenoxy) is 1. The van der Waals surface area contributed by atoms with Gasteiger partial charge in [-0.2, -0.15) is 0 Å². The third kappa shape index (κ3) is 3.41. The van der Waals surface area contributed by atoms with Gasteiger partial charge in [0.2, 0.25) is 0 Å². The molecule has 3 N–H and O–H groups in total. The molecule has 2 aromatic rings. The van der Waals surface area contributed by atoms with Crippen molar-refractivity contribution >= 4 is 29.2 Å². The lowest BCUT2D eigenvalue weighted by molar-refractivity contribution is -0.110. The van der Waals surface area contributed by atoms with Crippen LogP contribution in [0.25, 0.3) is 11.6 Å². The Hall–Kier alpha value is -3.06. The summed E-state index contributed by atoms with van der Waals surface area (Å²) in [4.78, 5) is 30.4. The molecule has 0 fully saturated rings. The van der Waals surface area contributed by atoms with E-state index in [0.717, 1.165) is 16.9 Å². The topological polar surface area (TPSA) is 86.5 Å². The minimum atomic E-state index is -0.190. The normalized spacial score (nSPS) is 21.8. The lowest BCUT2D eigenvalue weighted by atomic mass is 10.0. The second-order valence-corrected chi connectivity index (χ2v) is 7.36. The first-order valence-electron chi connectivity index (χ1n) is 9.42. The van der Waals surface area contributed by atoms with Crippen LogP contribution in [0, 0.1) is 6.92 Å². The number of aromatic nitrogens is 1. The van der Waals surface area contributed by atoms with Crippen LogP contribution in [0.4, 0.5) is 5.69 Å². The molecule has 1 aromatic heterocycles. The van der Waals surface area contributed by atoms with E-state index in [1.165, 1.54) is 0 Å². The van der Waals surface area contributed by atoms with Gasteiger partial charge in [0.25, 0.3) is 11.8 Å². The maximum Gasteiger partial charge on any atom is 0.256 e. The molecule has 0 saturated heterocycles. The van der Waals surface area contributed by atoms with Gasteiger partial charge in [0, 0.05) is 43.6 Å². The van der Waals surface area contributed by atoms with Gasteiger partial charge in [0.1, 0.15) is 11.9 Å². The molecule has 2 amide bonds. The Morgan fingerprint density at radius 2 is 2.00 bits per heavy atom. The SMILES string of the molecule is Cc1cc2c([nH]1)/C=C1\C(=O)Nc3ccc(cc31)O[C@@H](C)CNCCN(C)C2=O. The first-order valence-corrected chi connectivity index (χ1v) is 9.42. The van der Waals surface area contributed by atoms with Crippen molar-refractivity contribution in [3.05, 3.63) is 46.8 Å². The van der Waals surface area contributed by atoms with Crippen molar-refractivity contribution in [2.75, 3.05) is 32.0 Å². The fourth-order valence-corrected chi connectivity index (χ4v) is 3.56. The van der Waals surface area contributed by atoms with E-state index in [1.54, 1.807) is 18.0 Å². The largest absolute Gasteiger partial charge is 0.489 e. The zero-order chi connectivity index (χ0) is 19.8. The number of nitrogens with zero attached hydrogens (tertiary/aromatic N) is 1. The summed E-state index contributed by atoms with van der Waals surface area (Å²) in [5.74, 6) is 0.441. The molecule has 2 aliphatic heterocycles. The summed E-state index contributed by atoms with van der Waals surface area (Å²) in [6, 6.07) is 7.41. The van der Waals surface area contributed by atoms with E-state index >= 15 is 0 Å². The average molecular weight is 380 g/mol. The molecule has 0 spiro atoms. The molecule has 7 nitrogen and oxygen atoms in total. The maximum absolute atomic E-state index is 12.9. The Bertz CT molecular complexity index is 976. The Morgan fingerprint density at radius 3 is 2.82 bits per heavy atom. The Morgan fingerprint density at radius 1 is 1.18 bits per heavy atom. The van der Waals surface area contributed by atoms with Crippen molar-refractivity contribution in [1.82, 2.24) is 15.2 Å². The van der Waals surface area contributed by atoms with Crippen molar-refractivity contribution in [2.24, 2.45) is 0 Å². The fourth-order valence-electron chi connectivity index (χ4n) is 3.56. The molecule has 0 aliphatic carbocycles. The van der Waals surface area contributed by atoms with Crippen molar-refractivity contribution in [3.8, 4) is 5.75 Å². The van der Waals surface area contributed by atoms with Crippen molar-refractivity contribution in [1.29, 1.82) is 0 Å². The van der Waals surface area contributed by atoms with E-state index in [-0.39, 0.29) is 17.9 Å². The number of aromatic amines is 1. The minimum Gasteiger partial charge on any atom is -0.489 e. The number of hydrogen-bond acceptors (Lipinski definition) is 4. The van der Waals surface area contributed by atoms with Gasteiger partial charge in [-0.3, -0.25) is 9.59 Å². The standard InChI is InChI=1S/C21H24N4O3/c1-12-8-17-19(23-12)10-16-15-9-14(4-5-18(15)24-20(16)26)28-13(2)11-22-6-7-25(3)21(17)27/h4-5,8-10,13,22-23H,6-7,11H2,1-3H3,(H,24,26)/b16-10-/t13-/m0/s1. The van der Waals surface area contributed by atoms with E-state index in [0.29, 0.717) is 42.2 Å². The van der Waals surface area contributed by atoms with Gasteiger partial charge < -0.3 is 25.3 Å². The number of amides is 2. The smallest absolute Gasteiger partial charge is 0.256 e. The number of carbonyl (C=O) groups is 2. The van der Waals surface area contributed by atoms with Crippen molar-refractivity contribution in [3.63, 3.8) is 0 Å². The third-order valence-corrected chi connectivity index (χ3v) is 5.02. The quantitative estimate of drug-likeness (QED) is 0.654. The molecule has 0 unspecified atom stereocenters. The summed E-state index contributed by atoms with van der Waals surface area (Å²) in [5.41, 5.74) is 4.09. The van der Waals surface area contributed by atoms with E-state index < -0.39 is 0 Å². The van der Waals surface area contributed by atoms with Gasteiger partial charge in [-0.05, 0) is 44.2 Å². The Kier molecular flexibility index (Phi) is 4.68. The number of hydrogen-bond donors (Lipinski definition) is 3. The third-order valence-electron chi connectivity index (χ3n) is 5.02. The lowest BCUT2D eigenvalue weighted by Gasteiger charge is -2.19. The van der Waals surface area contributed by atoms with E-state index in [1.807, 2.05) is 38.1 Å². The van der Waals surface area contributed by atoms with E-state index in [9.17, 15) is 9.59 Å². The van der Waals surface area contributed by atoms with Gasteiger partial charge in [0.05, 0.1) is 16.8 Å². The van der Waals surface area contributed by atoms with Crippen LogP contribution in [0.2, 0.25) is 0 Å². The summed E-state index contributed by atoms with van der Waals surface area (Å²) in [6.45, 7) is 5.79. The summed E-state index contributed by atoms with van der Waals surface area (Å²) < 4.78 is 6.00. The highest BCUT2D eigenvalue weighted by Gasteiger charge is 2.27. The van der Waals surface area contributed by atoms with Crippen molar-refractivity contribution < 1.29 is 14.3 Å². The van der Waals surface area contributed by atoms with Crippen LogP contribution in [0.1, 0.15) is 34.2 Å². The van der Waals surface area contributed by atoms with Gasteiger partial charge in [-0.15, -0.1) is 0 Å². The van der Waals surface area contributed by atoms with Gasteiger partial charge in [-0.25, -0.2) is 0 Å². The second kappa shape index (κ2) is 7.16. The van der Waals surface area contributed by atoms with Crippen LogP contribution in [-0.4, -0.2) is 54.5 Å². The molecule has 0 saturated carbocycles. The summed E-state index contributed by atoms with van der Waals surface area (Å²) in [7, 11) is 1.78. The number of rotatable bonds is 0. The van der Waals surface area contributed by atoms with Gasteiger partial charge in [-0.1, -0.05) is 0 Å². The number of H-pyrrole nitrogens is 1. The monoisotopic (exact) mass is 380 g/mol. The number of aryl methyl sites for hydroxylation is 1. The van der Waals surface area contributed by atoms with Crippen LogP contribution in [-0.2, 0) is 4.79 Å². The minimum absolute atomic E-state index is 0.0444. The molecular formula is C21H24N4O3. The van der Waals surface area contributed by atoms with Crippen LogP contribution < -0.4 is 15.4 Å². The predicted molar refractivity (Wildman–Crippen MR) is 108 cm³/mol. The maximum atomic E-state index is 12.9. The Balaban J connectivity index is 1.83. The zero-order valence-electron chi connectivity index (χ0n) is 16.3. The molecule has 2 aliphatic rings. The summed E-state index contributed by atoms with van der Waals surface area (Å²) >= 11 is 0.